The molecule has 4 nitrogen and oxygen atoms in total. The Hall–Kier alpha value is -2.29. The fourth-order valence-corrected chi connectivity index (χ4v) is 3.09. The SMILES string of the molecule is Cc1ccc(NC(=O)C(C#N)=Cc2ccc(N(C)C)c(Br)c2)cc1Cl. The molecule has 0 bridgehead atoms. The molecule has 0 spiro atoms. The Bertz CT molecular complexity index is 885. The fraction of sp³-hybridized carbons (Fsp3) is 0.158. The number of hydrogen-bond acceptors (Lipinski definition) is 3. The van der Waals surface area contributed by atoms with Crippen LogP contribution in [0.15, 0.2) is 46.4 Å². The molecule has 0 aliphatic rings. The van der Waals surface area contributed by atoms with Crippen LogP contribution in [-0.4, -0.2) is 20.0 Å². The Kier molecular flexibility index (Phi) is 6.24. The molecule has 0 unspecified atom stereocenters. The van der Waals surface area contributed by atoms with Crippen molar-refractivity contribution in [2.75, 3.05) is 24.3 Å². The Labute approximate surface area is 160 Å². The number of nitrogens with one attached hydrogen (secondary N) is 1. The normalized spacial score (nSPS) is 11.0. The zero-order chi connectivity index (χ0) is 18.6. The molecule has 2 aromatic rings. The van der Waals surface area contributed by atoms with E-state index < -0.39 is 5.91 Å². The molecular weight excluding hydrogens is 402 g/mol. The van der Waals surface area contributed by atoms with Crippen LogP contribution in [0.5, 0.6) is 0 Å². The van der Waals surface area contributed by atoms with E-state index in [4.69, 9.17) is 11.6 Å². The molecule has 2 aromatic carbocycles. The van der Waals surface area contributed by atoms with Crippen molar-refractivity contribution in [2.24, 2.45) is 0 Å². The van der Waals surface area contributed by atoms with Gasteiger partial charge in [0.1, 0.15) is 11.6 Å². The Morgan fingerprint density at radius 3 is 2.56 bits per heavy atom. The number of carbonyl (C=O) groups is 1. The lowest BCUT2D eigenvalue weighted by molar-refractivity contribution is -0.112. The van der Waals surface area contributed by atoms with Gasteiger partial charge in [-0.1, -0.05) is 23.7 Å². The van der Waals surface area contributed by atoms with Crippen molar-refractivity contribution in [3.8, 4) is 6.07 Å². The van der Waals surface area contributed by atoms with Crippen LogP contribution in [0.4, 0.5) is 11.4 Å². The smallest absolute Gasteiger partial charge is 0.266 e. The van der Waals surface area contributed by atoms with Gasteiger partial charge < -0.3 is 10.2 Å². The van der Waals surface area contributed by atoms with Crippen molar-refractivity contribution in [1.29, 1.82) is 5.26 Å². The quantitative estimate of drug-likeness (QED) is 0.560. The zero-order valence-corrected chi connectivity index (χ0v) is 16.4. The first-order valence-corrected chi connectivity index (χ1v) is 8.65. The van der Waals surface area contributed by atoms with Crippen LogP contribution in [0.3, 0.4) is 0 Å². The van der Waals surface area contributed by atoms with Gasteiger partial charge in [-0.15, -0.1) is 0 Å². The maximum atomic E-state index is 12.3. The summed E-state index contributed by atoms with van der Waals surface area (Å²) in [6.07, 6.45) is 1.55. The summed E-state index contributed by atoms with van der Waals surface area (Å²) in [7, 11) is 3.88. The molecule has 1 N–H and O–H groups in total. The maximum Gasteiger partial charge on any atom is 0.266 e. The lowest BCUT2D eigenvalue weighted by Crippen LogP contribution is -2.13. The van der Waals surface area contributed by atoms with Crippen LogP contribution in [0, 0.1) is 18.3 Å². The first-order chi connectivity index (χ1) is 11.8. The molecule has 0 atom stereocenters. The van der Waals surface area contributed by atoms with E-state index >= 15 is 0 Å². The van der Waals surface area contributed by atoms with Crippen LogP contribution < -0.4 is 10.2 Å². The molecule has 0 radical (unpaired) electrons. The summed E-state index contributed by atoms with van der Waals surface area (Å²) in [5, 5.41) is 12.6. The summed E-state index contributed by atoms with van der Waals surface area (Å²) in [4.78, 5) is 14.3. The minimum absolute atomic E-state index is 0.0150. The van der Waals surface area contributed by atoms with Gasteiger partial charge in [0.2, 0.25) is 0 Å². The molecule has 0 saturated carbocycles. The molecule has 0 saturated heterocycles. The number of amides is 1. The largest absolute Gasteiger partial charge is 0.377 e. The van der Waals surface area contributed by atoms with Gasteiger partial charge in [-0.2, -0.15) is 5.26 Å². The monoisotopic (exact) mass is 417 g/mol. The number of nitriles is 1. The van der Waals surface area contributed by atoms with Gasteiger partial charge in [-0.3, -0.25) is 4.79 Å². The predicted molar refractivity (Wildman–Crippen MR) is 107 cm³/mol. The zero-order valence-electron chi connectivity index (χ0n) is 14.1. The number of aryl methyl sites for hydroxylation is 1. The molecule has 128 valence electrons. The lowest BCUT2D eigenvalue weighted by Gasteiger charge is -2.14. The van der Waals surface area contributed by atoms with E-state index in [0.717, 1.165) is 21.3 Å². The average Bonchev–Trinajstić information content (AvgIpc) is 2.55. The van der Waals surface area contributed by atoms with Crippen molar-refractivity contribution in [1.82, 2.24) is 0 Å². The fourth-order valence-electron chi connectivity index (χ4n) is 2.16. The van der Waals surface area contributed by atoms with Gasteiger partial charge in [-0.05, 0) is 64.3 Å². The van der Waals surface area contributed by atoms with Crippen LogP contribution in [0.1, 0.15) is 11.1 Å². The third kappa shape index (κ3) is 4.85. The van der Waals surface area contributed by atoms with Crippen molar-refractivity contribution in [2.45, 2.75) is 6.92 Å². The summed E-state index contributed by atoms with van der Waals surface area (Å²) in [6, 6.07) is 12.8. The topological polar surface area (TPSA) is 56.1 Å². The molecule has 0 fully saturated rings. The number of rotatable bonds is 4. The minimum atomic E-state index is -0.477. The Balaban J connectivity index is 2.24. The van der Waals surface area contributed by atoms with Gasteiger partial charge in [-0.25, -0.2) is 0 Å². The number of carbonyl (C=O) groups excluding carboxylic acids is 1. The second-order valence-corrected chi connectivity index (χ2v) is 6.95. The van der Waals surface area contributed by atoms with Crippen molar-refractivity contribution >= 4 is 50.9 Å². The molecule has 0 aromatic heterocycles. The molecule has 0 aliphatic heterocycles. The van der Waals surface area contributed by atoms with Crippen molar-refractivity contribution in [3.05, 3.63) is 62.6 Å². The summed E-state index contributed by atoms with van der Waals surface area (Å²) < 4.78 is 0.884. The number of hydrogen-bond donors (Lipinski definition) is 1. The molecule has 0 aliphatic carbocycles. The summed E-state index contributed by atoms with van der Waals surface area (Å²) in [5.41, 5.74) is 3.24. The summed E-state index contributed by atoms with van der Waals surface area (Å²) >= 11 is 9.55. The van der Waals surface area contributed by atoms with Crippen LogP contribution in [0.25, 0.3) is 6.08 Å². The third-order valence-electron chi connectivity index (χ3n) is 3.56. The van der Waals surface area contributed by atoms with E-state index in [1.165, 1.54) is 0 Å². The third-order valence-corrected chi connectivity index (χ3v) is 4.60. The first kappa shape index (κ1) is 19.0. The summed E-state index contributed by atoms with van der Waals surface area (Å²) in [5.74, 6) is -0.477. The number of nitrogens with zero attached hydrogens (tertiary/aromatic N) is 2. The van der Waals surface area contributed by atoms with Gasteiger partial charge >= 0.3 is 0 Å². The lowest BCUT2D eigenvalue weighted by atomic mass is 10.1. The van der Waals surface area contributed by atoms with E-state index in [1.54, 1.807) is 18.2 Å². The van der Waals surface area contributed by atoms with E-state index in [0.29, 0.717) is 10.7 Å². The van der Waals surface area contributed by atoms with Crippen LogP contribution in [0.2, 0.25) is 5.02 Å². The number of anilines is 2. The molecule has 25 heavy (non-hydrogen) atoms. The Morgan fingerprint density at radius 2 is 2.00 bits per heavy atom. The molecular formula is C19H17BrClN3O. The highest BCUT2D eigenvalue weighted by molar-refractivity contribution is 9.10. The first-order valence-electron chi connectivity index (χ1n) is 7.48. The molecule has 0 heterocycles. The number of halogens is 2. The second kappa shape index (κ2) is 8.19. The van der Waals surface area contributed by atoms with Gasteiger partial charge in [0.15, 0.2) is 0 Å². The van der Waals surface area contributed by atoms with Crippen molar-refractivity contribution < 1.29 is 4.79 Å². The van der Waals surface area contributed by atoms with Crippen LogP contribution in [-0.2, 0) is 4.79 Å². The molecule has 6 heteroatoms. The maximum absolute atomic E-state index is 12.3. The van der Waals surface area contributed by atoms with Crippen LogP contribution >= 0.6 is 27.5 Å². The van der Waals surface area contributed by atoms with Gasteiger partial charge in [0.25, 0.3) is 5.91 Å². The highest BCUT2D eigenvalue weighted by Crippen LogP contribution is 2.27. The van der Waals surface area contributed by atoms with Crippen molar-refractivity contribution in [3.63, 3.8) is 0 Å². The van der Waals surface area contributed by atoms with E-state index in [-0.39, 0.29) is 5.57 Å². The standard InChI is InChI=1S/C19H17BrClN3O/c1-12-4-6-15(10-17(12)21)23-19(25)14(11-22)8-13-5-7-18(24(2)3)16(20)9-13/h4-10H,1-3H3,(H,23,25). The summed E-state index contributed by atoms with van der Waals surface area (Å²) in [6.45, 7) is 1.88. The molecule has 1 amide bonds. The second-order valence-electron chi connectivity index (χ2n) is 5.69. The van der Waals surface area contributed by atoms with E-state index in [9.17, 15) is 10.1 Å². The number of benzene rings is 2. The Morgan fingerprint density at radius 1 is 1.28 bits per heavy atom. The van der Waals surface area contributed by atoms with Gasteiger partial charge in [0.05, 0.1) is 5.69 Å². The van der Waals surface area contributed by atoms with E-state index in [1.807, 2.05) is 56.3 Å². The molecule has 2 rings (SSSR count). The highest BCUT2D eigenvalue weighted by atomic mass is 79.9. The highest BCUT2D eigenvalue weighted by Gasteiger charge is 2.11. The average molecular weight is 419 g/mol. The van der Waals surface area contributed by atoms with E-state index in [2.05, 4.69) is 21.2 Å². The minimum Gasteiger partial charge on any atom is -0.377 e. The predicted octanol–water partition coefficient (Wildman–Crippen LogP) is 5.02. The van der Waals surface area contributed by atoms with Gasteiger partial charge in [0, 0.05) is 29.3 Å².